The fraction of sp³-hybridized carbons (Fsp3) is 0.667. The van der Waals surface area contributed by atoms with Gasteiger partial charge in [0, 0.05) is 35.9 Å². The van der Waals surface area contributed by atoms with Crippen LogP contribution in [0.1, 0.15) is 38.2 Å². The zero-order valence-corrected chi connectivity index (χ0v) is 13.6. The van der Waals surface area contributed by atoms with E-state index >= 15 is 0 Å². The van der Waals surface area contributed by atoms with Gasteiger partial charge in [-0.2, -0.15) is 0 Å². The van der Waals surface area contributed by atoms with Gasteiger partial charge in [-0.25, -0.2) is 4.98 Å². The number of hydrogen-bond acceptors (Lipinski definition) is 3. The summed E-state index contributed by atoms with van der Waals surface area (Å²) in [5.41, 5.74) is 1.06. The lowest BCUT2D eigenvalue weighted by Crippen LogP contribution is -2.37. The van der Waals surface area contributed by atoms with E-state index in [1.807, 2.05) is 0 Å². The summed E-state index contributed by atoms with van der Waals surface area (Å²) in [5, 5.41) is 4.73. The zero-order chi connectivity index (χ0) is 14.4. The minimum Gasteiger partial charge on any atom is -0.313 e. The minimum atomic E-state index is 0.455. The van der Waals surface area contributed by atoms with E-state index in [4.69, 9.17) is 23.2 Å². The molecule has 5 heteroatoms. The van der Waals surface area contributed by atoms with E-state index < -0.39 is 0 Å². The molecule has 0 radical (unpaired) electrons. The van der Waals surface area contributed by atoms with Crippen LogP contribution in [-0.4, -0.2) is 35.6 Å². The Morgan fingerprint density at radius 2 is 2.30 bits per heavy atom. The summed E-state index contributed by atoms with van der Waals surface area (Å²) in [6, 6.07) is 2.34. The molecule has 112 valence electrons. The molecule has 0 aliphatic carbocycles. The number of pyridine rings is 1. The van der Waals surface area contributed by atoms with Crippen LogP contribution in [0.3, 0.4) is 0 Å². The molecule has 1 aromatic rings. The Kier molecular flexibility index (Phi) is 6.56. The van der Waals surface area contributed by atoms with Gasteiger partial charge in [0.1, 0.15) is 5.15 Å². The second-order valence-electron chi connectivity index (χ2n) is 5.48. The number of unbranched alkanes of at least 4 members (excludes halogenated alkanes) is 1. The quantitative estimate of drug-likeness (QED) is 0.777. The van der Waals surface area contributed by atoms with Crippen molar-refractivity contribution in [3.8, 4) is 0 Å². The highest BCUT2D eigenvalue weighted by atomic mass is 35.5. The third kappa shape index (κ3) is 4.88. The average molecular weight is 316 g/mol. The molecule has 0 saturated carbocycles. The summed E-state index contributed by atoms with van der Waals surface area (Å²) in [4.78, 5) is 6.62. The molecule has 1 saturated heterocycles. The molecule has 0 aromatic carbocycles. The summed E-state index contributed by atoms with van der Waals surface area (Å²) in [6.45, 7) is 6.41. The van der Waals surface area contributed by atoms with Crippen LogP contribution >= 0.6 is 23.2 Å². The van der Waals surface area contributed by atoms with Crippen molar-refractivity contribution < 1.29 is 0 Å². The fourth-order valence-corrected chi connectivity index (χ4v) is 3.06. The Labute approximate surface area is 131 Å². The van der Waals surface area contributed by atoms with Crippen LogP contribution in [0.15, 0.2) is 12.3 Å². The second kappa shape index (κ2) is 8.18. The van der Waals surface area contributed by atoms with Crippen molar-refractivity contribution in [1.82, 2.24) is 15.2 Å². The lowest BCUT2D eigenvalue weighted by molar-refractivity contribution is 0.237. The maximum absolute atomic E-state index is 6.26. The summed E-state index contributed by atoms with van der Waals surface area (Å²) in [7, 11) is 0. The van der Waals surface area contributed by atoms with Gasteiger partial charge in [0.25, 0.3) is 0 Å². The first-order valence-electron chi connectivity index (χ1n) is 7.44. The Morgan fingerprint density at radius 1 is 1.45 bits per heavy atom. The summed E-state index contributed by atoms with van der Waals surface area (Å²) < 4.78 is 0. The number of nitrogens with one attached hydrogen (secondary N) is 1. The third-order valence-electron chi connectivity index (χ3n) is 3.76. The van der Waals surface area contributed by atoms with E-state index in [0.717, 1.165) is 31.7 Å². The number of rotatable bonds is 7. The molecular weight excluding hydrogens is 293 g/mol. The van der Waals surface area contributed by atoms with Crippen molar-refractivity contribution in [2.24, 2.45) is 0 Å². The number of aromatic nitrogens is 1. The first kappa shape index (κ1) is 16.0. The van der Waals surface area contributed by atoms with E-state index in [2.05, 4.69) is 22.1 Å². The SMILES string of the molecule is CCCCN(Cc1cnc(Cl)cc1Cl)CC1CCCN1. The summed E-state index contributed by atoms with van der Waals surface area (Å²) in [5.74, 6) is 0. The molecule has 0 amide bonds. The fourth-order valence-electron chi connectivity index (χ4n) is 2.63. The van der Waals surface area contributed by atoms with Crippen molar-refractivity contribution in [2.45, 2.75) is 45.2 Å². The van der Waals surface area contributed by atoms with Crippen LogP contribution in [0.5, 0.6) is 0 Å². The van der Waals surface area contributed by atoms with Gasteiger partial charge in [-0.1, -0.05) is 36.5 Å². The van der Waals surface area contributed by atoms with Crippen molar-refractivity contribution in [2.75, 3.05) is 19.6 Å². The molecule has 1 atom stereocenters. The zero-order valence-electron chi connectivity index (χ0n) is 12.0. The molecule has 1 N–H and O–H groups in total. The third-order valence-corrected chi connectivity index (χ3v) is 4.32. The Bertz CT molecular complexity index is 420. The van der Waals surface area contributed by atoms with E-state index in [1.165, 1.54) is 25.7 Å². The monoisotopic (exact) mass is 315 g/mol. The first-order valence-corrected chi connectivity index (χ1v) is 8.20. The predicted octanol–water partition coefficient (Wildman–Crippen LogP) is 3.74. The topological polar surface area (TPSA) is 28.2 Å². The molecule has 20 heavy (non-hydrogen) atoms. The molecule has 3 nitrogen and oxygen atoms in total. The Morgan fingerprint density at radius 3 is 2.95 bits per heavy atom. The van der Waals surface area contributed by atoms with Gasteiger partial charge in [-0.15, -0.1) is 0 Å². The maximum Gasteiger partial charge on any atom is 0.130 e. The highest BCUT2D eigenvalue weighted by molar-refractivity contribution is 6.34. The predicted molar refractivity (Wildman–Crippen MR) is 85.5 cm³/mol. The first-order chi connectivity index (χ1) is 9.69. The van der Waals surface area contributed by atoms with Crippen molar-refractivity contribution in [1.29, 1.82) is 0 Å². The molecule has 1 aromatic heterocycles. The van der Waals surface area contributed by atoms with Crippen LogP contribution in [0.25, 0.3) is 0 Å². The van der Waals surface area contributed by atoms with Gasteiger partial charge in [0.05, 0.1) is 0 Å². The van der Waals surface area contributed by atoms with Crippen molar-refractivity contribution in [3.63, 3.8) is 0 Å². The summed E-state index contributed by atoms with van der Waals surface area (Å²) in [6.07, 6.45) is 6.78. The van der Waals surface area contributed by atoms with Gasteiger partial charge in [0.15, 0.2) is 0 Å². The number of halogens is 2. The van der Waals surface area contributed by atoms with E-state index in [9.17, 15) is 0 Å². The highest BCUT2D eigenvalue weighted by Gasteiger charge is 2.18. The molecule has 1 unspecified atom stereocenters. The highest BCUT2D eigenvalue weighted by Crippen LogP contribution is 2.21. The summed E-state index contributed by atoms with van der Waals surface area (Å²) >= 11 is 12.1. The Hall–Kier alpha value is -0.350. The molecular formula is C15H23Cl2N3. The lowest BCUT2D eigenvalue weighted by atomic mass is 10.2. The molecule has 2 heterocycles. The van der Waals surface area contributed by atoms with Gasteiger partial charge >= 0.3 is 0 Å². The van der Waals surface area contributed by atoms with E-state index in [0.29, 0.717) is 16.2 Å². The lowest BCUT2D eigenvalue weighted by Gasteiger charge is -2.26. The van der Waals surface area contributed by atoms with Crippen molar-refractivity contribution in [3.05, 3.63) is 28.0 Å². The number of hydrogen-bond donors (Lipinski definition) is 1. The van der Waals surface area contributed by atoms with Crippen molar-refractivity contribution >= 4 is 23.2 Å². The van der Waals surface area contributed by atoms with Crippen LogP contribution < -0.4 is 5.32 Å². The van der Waals surface area contributed by atoms with E-state index in [-0.39, 0.29) is 0 Å². The molecule has 2 rings (SSSR count). The maximum atomic E-state index is 6.26. The van der Waals surface area contributed by atoms with Gasteiger partial charge < -0.3 is 5.32 Å². The van der Waals surface area contributed by atoms with Crippen LogP contribution in [-0.2, 0) is 6.54 Å². The van der Waals surface area contributed by atoms with Crippen LogP contribution in [0, 0.1) is 0 Å². The molecule has 1 aliphatic heterocycles. The smallest absolute Gasteiger partial charge is 0.130 e. The number of nitrogens with zero attached hydrogens (tertiary/aromatic N) is 2. The average Bonchev–Trinajstić information content (AvgIpc) is 2.92. The van der Waals surface area contributed by atoms with Gasteiger partial charge in [0.2, 0.25) is 0 Å². The van der Waals surface area contributed by atoms with Crippen LogP contribution in [0.4, 0.5) is 0 Å². The normalized spacial score (nSPS) is 18.9. The molecule has 1 fully saturated rings. The molecule has 0 bridgehead atoms. The van der Waals surface area contributed by atoms with E-state index in [1.54, 1.807) is 12.3 Å². The second-order valence-corrected chi connectivity index (χ2v) is 6.27. The molecule has 1 aliphatic rings. The minimum absolute atomic E-state index is 0.455. The Balaban J connectivity index is 1.97. The van der Waals surface area contributed by atoms with Crippen LogP contribution in [0.2, 0.25) is 10.2 Å². The van der Waals surface area contributed by atoms with Gasteiger partial charge in [-0.05, 0) is 38.4 Å². The van der Waals surface area contributed by atoms with Gasteiger partial charge in [-0.3, -0.25) is 4.90 Å². The standard InChI is InChI=1S/C15H23Cl2N3/c1-2-3-7-20(11-13-5-4-6-18-13)10-12-9-19-15(17)8-14(12)16/h8-9,13,18H,2-7,10-11H2,1H3. The molecule has 0 spiro atoms. The largest absolute Gasteiger partial charge is 0.313 e.